The molecule has 174 valence electrons. The number of likely N-dealkylation sites (N-methyl/N-ethyl adjacent to an activating group) is 1. The van der Waals surface area contributed by atoms with Gasteiger partial charge in [0.15, 0.2) is 11.5 Å². The number of unbranched alkanes of at least 4 members (excludes halogenated alkanes) is 1. The van der Waals surface area contributed by atoms with Gasteiger partial charge in [-0.05, 0) is 56.0 Å². The van der Waals surface area contributed by atoms with Crippen molar-refractivity contribution in [3.05, 3.63) is 66.5 Å². The second kappa shape index (κ2) is 10.6. The molecule has 0 saturated carbocycles. The van der Waals surface area contributed by atoms with Crippen molar-refractivity contribution in [3.8, 4) is 11.5 Å². The first-order chi connectivity index (χ1) is 16.1. The van der Waals surface area contributed by atoms with E-state index in [1.165, 1.54) is 0 Å². The highest BCUT2D eigenvalue weighted by Gasteiger charge is 2.33. The number of carbonyl (C=O) groups excluding carboxylic acids is 1. The van der Waals surface area contributed by atoms with E-state index in [9.17, 15) is 4.79 Å². The number of nitrogens with zero attached hydrogens (tertiary/aromatic N) is 3. The zero-order valence-electron chi connectivity index (χ0n) is 19.6. The number of fused-ring (bicyclic) bond motifs is 1. The molecule has 2 heterocycles. The molecule has 33 heavy (non-hydrogen) atoms. The van der Waals surface area contributed by atoms with E-state index in [2.05, 4.69) is 23.3 Å². The van der Waals surface area contributed by atoms with Crippen LogP contribution in [0.25, 0.3) is 11.0 Å². The molecule has 1 aromatic heterocycles. The Kier molecular flexibility index (Phi) is 7.33. The minimum absolute atomic E-state index is 0.152. The SMILES string of the molecule is C=CCc1ccc(OCCCCn2c(C3CC(=O)N(CC)C3)nc3ccccc32)c(OC)c1. The van der Waals surface area contributed by atoms with Crippen molar-refractivity contribution in [2.24, 2.45) is 0 Å². The lowest BCUT2D eigenvalue weighted by molar-refractivity contribution is -0.127. The molecule has 1 amide bonds. The number of likely N-dealkylation sites (tertiary alicyclic amines) is 1. The van der Waals surface area contributed by atoms with Gasteiger partial charge in [0.2, 0.25) is 5.91 Å². The summed E-state index contributed by atoms with van der Waals surface area (Å²) < 4.78 is 13.8. The number of hydrogen-bond acceptors (Lipinski definition) is 4. The Morgan fingerprint density at radius 1 is 1.18 bits per heavy atom. The van der Waals surface area contributed by atoms with Crippen molar-refractivity contribution in [1.82, 2.24) is 14.5 Å². The fourth-order valence-electron chi connectivity index (χ4n) is 4.57. The van der Waals surface area contributed by atoms with Crippen LogP contribution in [-0.2, 0) is 17.8 Å². The Labute approximate surface area is 195 Å². The van der Waals surface area contributed by atoms with E-state index in [0.29, 0.717) is 13.0 Å². The molecule has 6 nitrogen and oxygen atoms in total. The number of allylic oxidation sites excluding steroid dienone is 1. The Morgan fingerprint density at radius 2 is 2.03 bits per heavy atom. The summed E-state index contributed by atoms with van der Waals surface area (Å²) >= 11 is 0. The minimum atomic E-state index is 0.152. The van der Waals surface area contributed by atoms with Gasteiger partial charge in [0, 0.05) is 32.0 Å². The quantitative estimate of drug-likeness (QED) is 0.308. The van der Waals surface area contributed by atoms with Crippen molar-refractivity contribution in [3.63, 3.8) is 0 Å². The smallest absolute Gasteiger partial charge is 0.223 e. The first kappa shape index (κ1) is 22.9. The number of benzene rings is 2. The Hall–Kier alpha value is -3.28. The zero-order valence-corrected chi connectivity index (χ0v) is 19.6. The molecule has 1 atom stereocenters. The zero-order chi connectivity index (χ0) is 23.2. The molecule has 6 heteroatoms. The molecule has 0 spiro atoms. The van der Waals surface area contributed by atoms with Crippen LogP contribution in [0, 0.1) is 0 Å². The minimum Gasteiger partial charge on any atom is -0.493 e. The topological polar surface area (TPSA) is 56.6 Å². The number of para-hydroxylation sites is 2. The number of rotatable bonds is 11. The van der Waals surface area contributed by atoms with Gasteiger partial charge in [-0.15, -0.1) is 6.58 Å². The molecule has 1 saturated heterocycles. The molecule has 0 N–H and O–H groups in total. The molecule has 2 aromatic carbocycles. The van der Waals surface area contributed by atoms with Crippen LogP contribution >= 0.6 is 0 Å². The van der Waals surface area contributed by atoms with Crippen molar-refractivity contribution < 1.29 is 14.3 Å². The molecular weight excluding hydrogens is 414 g/mol. The van der Waals surface area contributed by atoms with Crippen LogP contribution in [0.1, 0.15) is 43.5 Å². The molecule has 1 aliphatic heterocycles. The number of carbonyl (C=O) groups is 1. The summed E-state index contributed by atoms with van der Waals surface area (Å²) in [5, 5.41) is 0. The van der Waals surface area contributed by atoms with Gasteiger partial charge in [-0.2, -0.15) is 0 Å². The van der Waals surface area contributed by atoms with Crippen molar-refractivity contribution in [1.29, 1.82) is 0 Å². The third-order valence-corrected chi connectivity index (χ3v) is 6.29. The first-order valence-corrected chi connectivity index (χ1v) is 11.8. The van der Waals surface area contributed by atoms with Gasteiger partial charge in [-0.3, -0.25) is 4.79 Å². The van der Waals surface area contributed by atoms with E-state index >= 15 is 0 Å². The van der Waals surface area contributed by atoms with Gasteiger partial charge >= 0.3 is 0 Å². The summed E-state index contributed by atoms with van der Waals surface area (Å²) in [7, 11) is 1.67. The normalized spacial score (nSPS) is 15.9. The average molecular weight is 448 g/mol. The van der Waals surface area contributed by atoms with Gasteiger partial charge in [-0.25, -0.2) is 4.98 Å². The van der Waals surface area contributed by atoms with Crippen LogP contribution in [0.2, 0.25) is 0 Å². The highest BCUT2D eigenvalue weighted by Crippen LogP contribution is 2.31. The van der Waals surface area contributed by atoms with E-state index in [0.717, 1.165) is 72.8 Å². The highest BCUT2D eigenvalue weighted by molar-refractivity contribution is 5.80. The molecular formula is C27H33N3O3. The van der Waals surface area contributed by atoms with Gasteiger partial charge in [0.05, 0.1) is 24.8 Å². The second-order valence-electron chi connectivity index (χ2n) is 8.48. The van der Waals surface area contributed by atoms with Crippen molar-refractivity contribution in [2.45, 2.75) is 45.1 Å². The number of imidazole rings is 1. The van der Waals surface area contributed by atoms with Crippen LogP contribution in [0.15, 0.2) is 55.1 Å². The number of ether oxygens (including phenoxy) is 2. The fraction of sp³-hybridized carbons (Fsp3) is 0.407. The summed E-state index contributed by atoms with van der Waals surface area (Å²) in [6.07, 6.45) is 5.10. The molecule has 0 aliphatic carbocycles. The predicted octanol–water partition coefficient (Wildman–Crippen LogP) is 4.97. The van der Waals surface area contributed by atoms with Crippen LogP contribution in [0.5, 0.6) is 11.5 Å². The van der Waals surface area contributed by atoms with E-state index in [-0.39, 0.29) is 11.8 Å². The molecule has 1 fully saturated rings. The lowest BCUT2D eigenvalue weighted by Crippen LogP contribution is -2.24. The number of amides is 1. The van der Waals surface area contributed by atoms with Crippen molar-refractivity contribution >= 4 is 16.9 Å². The highest BCUT2D eigenvalue weighted by atomic mass is 16.5. The summed E-state index contributed by atoms with van der Waals surface area (Å²) in [5.74, 6) is 2.93. The molecule has 3 aromatic rings. The maximum atomic E-state index is 12.3. The van der Waals surface area contributed by atoms with Gasteiger partial charge in [0.25, 0.3) is 0 Å². The molecule has 0 bridgehead atoms. The largest absolute Gasteiger partial charge is 0.493 e. The average Bonchev–Trinajstić information content (AvgIpc) is 3.39. The Morgan fingerprint density at radius 3 is 2.79 bits per heavy atom. The molecule has 1 unspecified atom stereocenters. The van der Waals surface area contributed by atoms with Crippen LogP contribution < -0.4 is 9.47 Å². The van der Waals surface area contributed by atoms with E-state index in [1.54, 1.807) is 7.11 Å². The predicted molar refractivity (Wildman–Crippen MR) is 131 cm³/mol. The Bertz CT molecular complexity index is 1120. The lowest BCUT2D eigenvalue weighted by atomic mass is 10.1. The fourth-order valence-corrected chi connectivity index (χ4v) is 4.57. The van der Waals surface area contributed by atoms with Crippen LogP contribution in [-0.4, -0.2) is 47.2 Å². The lowest BCUT2D eigenvalue weighted by Gasteiger charge is -2.16. The number of hydrogen-bond donors (Lipinski definition) is 0. The van der Waals surface area contributed by atoms with E-state index in [1.807, 2.05) is 48.2 Å². The molecule has 0 radical (unpaired) electrons. The van der Waals surface area contributed by atoms with Crippen LogP contribution in [0.3, 0.4) is 0 Å². The van der Waals surface area contributed by atoms with Gasteiger partial charge < -0.3 is 18.9 Å². The van der Waals surface area contributed by atoms with E-state index < -0.39 is 0 Å². The molecule has 1 aliphatic rings. The van der Waals surface area contributed by atoms with Gasteiger partial charge in [0.1, 0.15) is 5.82 Å². The first-order valence-electron chi connectivity index (χ1n) is 11.8. The Balaban J connectivity index is 1.40. The maximum absolute atomic E-state index is 12.3. The monoisotopic (exact) mass is 447 g/mol. The summed E-state index contributed by atoms with van der Waals surface area (Å²) in [6, 6.07) is 14.3. The summed E-state index contributed by atoms with van der Waals surface area (Å²) in [6.45, 7) is 8.80. The second-order valence-corrected chi connectivity index (χ2v) is 8.48. The number of aromatic nitrogens is 2. The number of aryl methyl sites for hydroxylation is 1. The van der Waals surface area contributed by atoms with Crippen molar-refractivity contribution in [2.75, 3.05) is 26.8 Å². The summed E-state index contributed by atoms with van der Waals surface area (Å²) in [4.78, 5) is 19.2. The maximum Gasteiger partial charge on any atom is 0.223 e. The standard InChI is InChI=1S/C27H33N3O3/c1-4-10-20-13-14-24(25(17-20)32-3)33-16-9-8-15-30-23-12-7-6-11-22(23)28-27(30)21-18-26(31)29(5-2)19-21/h4,6-7,11-14,17,21H,1,5,8-10,15-16,18-19H2,2-3H3. The third kappa shape index (κ3) is 5.05. The van der Waals surface area contributed by atoms with E-state index in [4.69, 9.17) is 14.5 Å². The van der Waals surface area contributed by atoms with Crippen LogP contribution in [0.4, 0.5) is 0 Å². The van der Waals surface area contributed by atoms with Gasteiger partial charge in [-0.1, -0.05) is 24.3 Å². The number of methoxy groups -OCH3 is 1. The summed E-state index contributed by atoms with van der Waals surface area (Å²) in [5.41, 5.74) is 3.28. The third-order valence-electron chi connectivity index (χ3n) is 6.29. The molecule has 4 rings (SSSR count).